The summed E-state index contributed by atoms with van der Waals surface area (Å²) in [5.41, 5.74) is 2.16. The summed E-state index contributed by atoms with van der Waals surface area (Å²) in [5, 5.41) is 8.94. The Balaban J connectivity index is 1.73. The predicted octanol–water partition coefficient (Wildman–Crippen LogP) is 2.80. The SMILES string of the molecule is Cc1cc(NC(=O)NCCOc2c(C)cccc2C)no1. The topological polar surface area (TPSA) is 76.4 Å². The fourth-order valence-corrected chi connectivity index (χ4v) is 1.93. The lowest BCUT2D eigenvalue weighted by molar-refractivity contribution is 0.247. The van der Waals surface area contributed by atoms with E-state index in [1.54, 1.807) is 13.0 Å². The number of ether oxygens (including phenoxy) is 1. The number of urea groups is 1. The van der Waals surface area contributed by atoms with Gasteiger partial charge in [0.05, 0.1) is 6.54 Å². The summed E-state index contributed by atoms with van der Waals surface area (Å²) in [4.78, 5) is 11.6. The molecule has 0 saturated carbocycles. The van der Waals surface area contributed by atoms with E-state index in [-0.39, 0.29) is 6.03 Å². The highest BCUT2D eigenvalue weighted by molar-refractivity contribution is 5.88. The molecule has 0 aliphatic heterocycles. The third-order valence-corrected chi connectivity index (χ3v) is 2.91. The van der Waals surface area contributed by atoms with Crippen LogP contribution in [0.3, 0.4) is 0 Å². The predicted molar refractivity (Wildman–Crippen MR) is 79.7 cm³/mol. The first-order chi connectivity index (χ1) is 10.1. The normalized spacial score (nSPS) is 10.2. The summed E-state index contributed by atoms with van der Waals surface area (Å²) in [6, 6.07) is 7.29. The molecule has 6 heteroatoms. The minimum absolute atomic E-state index is 0.339. The standard InChI is InChI=1S/C15H19N3O3/c1-10-5-4-6-11(2)14(10)20-8-7-16-15(19)17-13-9-12(3)21-18-13/h4-6,9H,7-8H2,1-3H3,(H2,16,17,18,19). The number of nitrogens with one attached hydrogen (secondary N) is 2. The van der Waals surface area contributed by atoms with Crippen molar-refractivity contribution in [1.82, 2.24) is 10.5 Å². The molecule has 0 atom stereocenters. The van der Waals surface area contributed by atoms with E-state index < -0.39 is 0 Å². The maximum atomic E-state index is 11.6. The van der Waals surface area contributed by atoms with Crippen molar-refractivity contribution in [1.29, 1.82) is 0 Å². The second-order valence-corrected chi connectivity index (χ2v) is 4.77. The molecule has 1 aromatic heterocycles. The second kappa shape index (κ2) is 6.78. The molecule has 2 amide bonds. The smallest absolute Gasteiger partial charge is 0.320 e. The van der Waals surface area contributed by atoms with E-state index in [9.17, 15) is 4.79 Å². The third kappa shape index (κ3) is 4.24. The number of aromatic nitrogens is 1. The van der Waals surface area contributed by atoms with E-state index in [2.05, 4.69) is 15.8 Å². The first kappa shape index (κ1) is 14.9. The Bertz CT molecular complexity index is 602. The van der Waals surface area contributed by atoms with E-state index in [0.29, 0.717) is 24.7 Å². The molecular formula is C15H19N3O3. The van der Waals surface area contributed by atoms with E-state index in [1.165, 1.54) is 0 Å². The molecule has 1 aromatic carbocycles. The molecule has 0 aliphatic carbocycles. The lowest BCUT2D eigenvalue weighted by atomic mass is 10.1. The fraction of sp³-hybridized carbons (Fsp3) is 0.333. The van der Waals surface area contributed by atoms with Crippen molar-refractivity contribution in [3.05, 3.63) is 41.2 Å². The van der Waals surface area contributed by atoms with Gasteiger partial charge in [0, 0.05) is 6.07 Å². The molecule has 0 aliphatic rings. The number of hydrogen-bond donors (Lipinski definition) is 2. The minimum atomic E-state index is -0.339. The third-order valence-electron chi connectivity index (χ3n) is 2.91. The second-order valence-electron chi connectivity index (χ2n) is 4.77. The van der Waals surface area contributed by atoms with E-state index in [0.717, 1.165) is 16.9 Å². The van der Waals surface area contributed by atoms with Crippen molar-refractivity contribution >= 4 is 11.8 Å². The Morgan fingerprint density at radius 1 is 1.29 bits per heavy atom. The van der Waals surface area contributed by atoms with Gasteiger partial charge in [-0.25, -0.2) is 4.79 Å². The zero-order valence-corrected chi connectivity index (χ0v) is 12.4. The molecule has 112 valence electrons. The number of amides is 2. The van der Waals surface area contributed by atoms with Crippen molar-refractivity contribution in [2.75, 3.05) is 18.5 Å². The largest absolute Gasteiger partial charge is 0.491 e. The van der Waals surface area contributed by atoms with E-state index in [4.69, 9.17) is 9.26 Å². The van der Waals surface area contributed by atoms with Gasteiger partial charge >= 0.3 is 6.03 Å². The minimum Gasteiger partial charge on any atom is -0.491 e. The highest BCUT2D eigenvalue weighted by Crippen LogP contribution is 2.21. The molecular weight excluding hydrogens is 270 g/mol. The van der Waals surface area contributed by atoms with Gasteiger partial charge in [-0.1, -0.05) is 23.4 Å². The van der Waals surface area contributed by atoms with Gasteiger partial charge in [-0.2, -0.15) is 0 Å². The van der Waals surface area contributed by atoms with Crippen LogP contribution in [-0.4, -0.2) is 24.3 Å². The average molecular weight is 289 g/mol. The van der Waals surface area contributed by atoms with Crippen molar-refractivity contribution in [3.8, 4) is 5.75 Å². The molecule has 0 saturated heterocycles. The molecule has 2 aromatic rings. The summed E-state index contributed by atoms with van der Waals surface area (Å²) in [5.74, 6) is 1.90. The number of anilines is 1. The van der Waals surface area contributed by atoms with Crippen LogP contribution in [0.15, 0.2) is 28.8 Å². The Morgan fingerprint density at radius 3 is 2.62 bits per heavy atom. The average Bonchev–Trinajstić information content (AvgIpc) is 2.82. The fourth-order valence-electron chi connectivity index (χ4n) is 1.93. The van der Waals surface area contributed by atoms with Crippen LogP contribution < -0.4 is 15.4 Å². The van der Waals surface area contributed by atoms with Crippen LogP contribution in [0.4, 0.5) is 10.6 Å². The molecule has 2 rings (SSSR count). The van der Waals surface area contributed by atoms with Gasteiger partial charge in [-0.05, 0) is 31.9 Å². The highest BCUT2D eigenvalue weighted by atomic mass is 16.5. The number of para-hydroxylation sites is 1. The highest BCUT2D eigenvalue weighted by Gasteiger charge is 2.06. The van der Waals surface area contributed by atoms with Gasteiger partial charge in [0.1, 0.15) is 18.1 Å². The summed E-state index contributed by atoms with van der Waals surface area (Å²) in [7, 11) is 0. The quantitative estimate of drug-likeness (QED) is 0.830. The van der Waals surface area contributed by atoms with Crippen molar-refractivity contribution in [2.24, 2.45) is 0 Å². The molecule has 0 fully saturated rings. The van der Waals surface area contributed by atoms with Gasteiger partial charge in [0.25, 0.3) is 0 Å². The molecule has 21 heavy (non-hydrogen) atoms. The molecule has 2 N–H and O–H groups in total. The summed E-state index contributed by atoms with van der Waals surface area (Å²) < 4.78 is 10.6. The summed E-state index contributed by atoms with van der Waals surface area (Å²) in [6.07, 6.45) is 0. The summed E-state index contributed by atoms with van der Waals surface area (Å²) >= 11 is 0. The molecule has 0 spiro atoms. The van der Waals surface area contributed by atoms with Crippen LogP contribution in [-0.2, 0) is 0 Å². The Morgan fingerprint density at radius 2 is 2.00 bits per heavy atom. The van der Waals surface area contributed by atoms with Crippen LogP contribution in [0.1, 0.15) is 16.9 Å². The van der Waals surface area contributed by atoms with Gasteiger partial charge in [0.15, 0.2) is 5.82 Å². The van der Waals surface area contributed by atoms with Crippen LogP contribution in [0.2, 0.25) is 0 Å². The maximum absolute atomic E-state index is 11.6. The van der Waals surface area contributed by atoms with Crippen molar-refractivity contribution in [3.63, 3.8) is 0 Å². The Hall–Kier alpha value is -2.50. The number of rotatable bonds is 5. The zero-order chi connectivity index (χ0) is 15.2. The van der Waals surface area contributed by atoms with Crippen LogP contribution in [0, 0.1) is 20.8 Å². The molecule has 6 nitrogen and oxygen atoms in total. The van der Waals surface area contributed by atoms with E-state index >= 15 is 0 Å². The molecule has 0 unspecified atom stereocenters. The number of hydrogen-bond acceptors (Lipinski definition) is 4. The lowest BCUT2D eigenvalue weighted by Crippen LogP contribution is -2.32. The van der Waals surface area contributed by atoms with Gasteiger partial charge in [-0.3, -0.25) is 5.32 Å². The molecule has 0 radical (unpaired) electrons. The first-order valence-electron chi connectivity index (χ1n) is 6.73. The molecule has 1 heterocycles. The lowest BCUT2D eigenvalue weighted by Gasteiger charge is -2.12. The van der Waals surface area contributed by atoms with Crippen molar-refractivity contribution in [2.45, 2.75) is 20.8 Å². The number of benzene rings is 1. The number of nitrogens with zero attached hydrogens (tertiary/aromatic N) is 1. The monoisotopic (exact) mass is 289 g/mol. The van der Waals surface area contributed by atoms with Crippen LogP contribution >= 0.6 is 0 Å². The summed E-state index contributed by atoms with van der Waals surface area (Å²) in [6.45, 7) is 6.55. The van der Waals surface area contributed by atoms with Gasteiger partial charge < -0.3 is 14.6 Å². The Kier molecular flexibility index (Phi) is 4.81. The number of carbonyl (C=O) groups excluding carboxylic acids is 1. The number of aryl methyl sites for hydroxylation is 3. The first-order valence-corrected chi connectivity index (χ1v) is 6.73. The van der Waals surface area contributed by atoms with Crippen molar-refractivity contribution < 1.29 is 14.1 Å². The van der Waals surface area contributed by atoms with Crippen LogP contribution in [0.25, 0.3) is 0 Å². The molecule has 0 bridgehead atoms. The van der Waals surface area contributed by atoms with Crippen LogP contribution in [0.5, 0.6) is 5.75 Å². The number of carbonyl (C=O) groups is 1. The zero-order valence-electron chi connectivity index (χ0n) is 12.4. The van der Waals surface area contributed by atoms with E-state index in [1.807, 2.05) is 32.0 Å². The van der Waals surface area contributed by atoms with Gasteiger partial charge in [0.2, 0.25) is 0 Å². The Labute approximate surface area is 123 Å². The van der Waals surface area contributed by atoms with Gasteiger partial charge in [-0.15, -0.1) is 0 Å². The maximum Gasteiger partial charge on any atom is 0.320 e.